The predicted molar refractivity (Wildman–Crippen MR) is 74.0 cm³/mol. The van der Waals surface area contributed by atoms with E-state index >= 15 is 0 Å². The molecule has 0 spiro atoms. The van der Waals surface area contributed by atoms with Crippen LogP contribution in [0.1, 0.15) is 21.1 Å². The second kappa shape index (κ2) is 5.64. The number of benzene rings is 1. The highest BCUT2D eigenvalue weighted by atomic mass is 32.1. The van der Waals surface area contributed by atoms with Gasteiger partial charge in [0.05, 0.1) is 12.1 Å². The van der Waals surface area contributed by atoms with Crippen LogP contribution >= 0.6 is 11.3 Å². The average molecular weight is 261 g/mol. The summed E-state index contributed by atoms with van der Waals surface area (Å²) in [6.45, 7) is 2.41. The quantitative estimate of drug-likeness (QED) is 0.888. The highest BCUT2D eigenvalue weighted by molar-refractivity contribution is 7.09. The van der Waals surface area contributed by atoms with Crippen LogP contribution in [-0.2, 0) is 6.54 Å². The molecule has 1 amide bonds. The zero-order valence-corrected chi connectivity index (χ0v) is 11.2. The van der Waals surface area contributed by atoms with E-state index in [0.29, 0.717) is 12.1 Å². The van der Waals surface area contributed by atoms with E-state index in [4.69, 9.17) is 0 Å². The fourth-order valence-corrected chi connectivity index (χ4v) is 2.35. The van der Waals surface area contributed by atoms with Crippen molar-refractivity contribution in [1.29, 1.82) is 0 Å². The van der Waals surface area contributed by atoms with Crippen molar-refractivity contribution in [2.45, 2.75) is 13.5 Å². The molecule has 4 nitrogen and oxygen atoms in total. The van der Waals surface area contributed by atoms with Crippen molar-refractivity contribution in [2.24, 2.45) is 0 Å². The number of aryl methyl sites for hydroxylation is 1. The first-order valence-electron chi connectivity index (χ1n) is 5.66. The van der Waals surface area contributed by atoms with Crippen LogP contribution in [-0.4, -0.2) is 17.9 Å². The lowest BCUT2D eigenvalue weighted by Gasteiger charge is -2.08. The third kappa shape index (κ3) is 2.87. The summed E-state index contributed by atoms with van der Waals surface area (Å²) < 4.78 is 0. The summed E-state index contributed by atoms with van der Waals surface area (Å²) in [6.07, 6.45) is 0. The van der Waals surface area contributed by atoms with Crippen molar-refractivity contribution in [2.75, 3.05) is 12.4 Å². The maximum absolute atomic E-state index is 12.0. The molecule has 94 valence electrons. The molecule has 0 saturated carbocycles. The largest absolute Gasteiger partial charge is 0.387 e. The number of amides is 1. The Balaban J connectivity index is 2.03. The SMILES string of the molecule is CNc1ccccc1C(=O)NCc1nc(C)cs1. The molecule has 2 rings (SSSR count). The van der Waals surface area contributed by atoms with Crippen LogP contribution in [0.4, 0.5) is 5.69 Å². The third-order valence-electron chi connectivity index (χ3n) is 2.51. The van der Waals surface area contributed by atoms with Gasteiger partial charge in [-0.25, -0.2) is 4.98 Å². The fourth-order valence-electron chi connectivity index (χ4n) is 1.63. The lowest BCUT2D eigenvalue weighted by molar-refractivity contribution is 0.0951. The standard InChI is InChI=1S/C13H15N3OS/c1-9-8-18-12(16-9)7-15-13(17)10-5-3-4-6-11(10)14-2/h3-6,8,14H,7H2,1-2H3,(H,15,17). The van der Waals surface area contributed by atoms with Gasteiger partial charge in [0.2, 0.25) is 0 Å². The number of hydrogen-bond acceptors (Lipinski definition) is 4. The van der Waals surface area contributed by atoms with Crippen molar-refractivity contribution >= 4 is 22.9 Å². The van der Waals surface area contributed by atoms with Crippen LogP contribution in [0.3, 0.4) is 0 Å². The van der Waals surface area contributed by atoms with E-state index < -0.39 is 0 Å². The molecule has 0 fully saturated rings. The first-order chi connectivity index (χ1) is 8.70. The molecule has 0 aliphatic carbocycles. The molecule has 2 aromatic rings. The highest BCUT2D eigenvalue weighted by Gasteiger charge is 2.10. The number of nitrogens with one attached hydrogen (secondary N) is 2. The zero-order chi connectivity index (χ0) is 13.0. The van der Waals surface area contributed by atoms with Crippen molar-refractivity contribution in [1.82, 2.24) is 10.3 Å². The van der Waals surface area contributed by atoms with Gasteiger partial charge in [0.1, 0.15) is 5.01 Å². The first-order valence-corrected chi connectivity index (χ1v) is 6.54. The van der Waals surface area contributed by atoms with Gasteiger partial charge >= 0.3 is 0 Å². The Kier molecular flexibility index (Phi) is 3.94. The number of anilines is 1. The molecule has 0 saturated heterocycles. The Labute approximate surface area is 110 Å². The van der Waals surface area contributed by atoms with Crippen molar-refractivity contribution < 1.29 is 4.79 Å². The van der Waals surface area contributed by atoms with Gasteiger partial charge in [-0.15, -0.1) is 11.3 Å². The number of thiazole rings is 1. The van der Waals surface area contributed by atoms with E-state index in [-0.39, 0.29) is 5.91 Å². The molecule has 18 heavy (non-hydrogen) atoms. The number of hydrogen-bond donors (Lipinski definition) is 2. The minimum atomic E-state index is -0.0900. The van der Waals surface area contributed by atoms with Gasteiger partial charge < -0.3 is 10.6 Å². The number of carbonyl (C=O) groups excluding carboxylic acids is 1. The number of aromatic nitrogens is 1. The van der Waals surface area contributed by atoms with E-state index in [1.807, 2.05) is 30.5 Å². The normalized spacial score (nSPS) is 10.1. The summed E-state index contributed by atoms with van der Waals surface area (Å²) in [5.74, 6) is -0.0900. The molecular formula is C13H15N3OS. The van der Waals surface area contributed by atoms with E-state index in [2.05, 4.69) is 15.6 Å². The molecule has 1 aromatic carbocycles. The van der Waals surface area contributed by atoms with Gasteiger partial charge in [0, 0.05) is 23.8 Å². The van der Waals surface area contributed by atoms with Gasteiger partial charge in [-0.1, -0.05) is 12.1 Å². The summed E-state index contributed by atoms with van der Waals surface area (Å²) in [6, 6.07) is 7.42. The number of para-hydroxylation sites is 1. The minimum absolute atomic E-state index is 0.0900. The summed E-state index contributed by atoms with van der Waals surface area (Å²) in [7, 11) is 1.80. The molecule has 5 heteroatoms. The van der Waals surface area contributed by atoms with E-state index in [9.17, 15) is 4.79 Å². The van der Waals surface area contributed by atoms with Gasteiger partial charge in [-0.2, -0.15) is 0 Å². The maximum atomic E-state index is 12.0. The Hall–Kier alpha value is -1.88. The smallest absolute Gasteiger partial charge is 0.253 e. The van der Waals surface area contributed by atoms with E-state index in [1.54, 1.807) is 24.5 Å². The monoisotopic (exact) mass is 261 g/mol. The van der Waals surface area contributed by atoms with Gasteiger partial charge in [0.25, 0.3) is 5.91 Å². The van der Waals surface area contributed by atoms with Crippen LogP contribution in [0.5, 0.6) is 0 Å². The van der Waals surface area contributed by atoms with Gasteiger partial charge in [-0.05, 0) is 19.1 Å². The molecule has 0 aliphatic heterocycles. The molecule has 1 heterocycles. The predicted octanol–water partition coefficient (Wildman–Crippen LogP) is 2.42. The average Bonchev–Trinajstić information content (AvgIpc) is 2.81. The van der Waals surface area contributed by atoms with Crippen LogP contribution in [0.25, 0.3) is 0 Å². The Morgan fingerprint density at radius 1 is 1.39 bits per heavy atom. The topological polar surface area (TPSA) is 54.0 Å². The van der Waals surface area contributed by atoms with Crippen molar-refractivity contribution in [3.63, 3.8) is 0 Å². The summed E-state index contributed by atoms with van der Waals surface area (Å²) in [5.41, 5.74) is 2.46. The summed E-state index contributed by atoms with van der Waals surface area (Å²) in [5, 5.41) is 8.77. The molecule has 0 radical (unpaired) electrons. The molecule has 0 atom stereocenters. The molecule has 0 bridgehead atoms. The lowest BCUT2D eigenvalue weighted by atomic mass is 10.1. The van der Waals surface area contributed by atoms with Crippen LogP contribution < -0.4 is 10.6 Å². The van der Waals surface area contributed by atoms with Crippen LogP contribution in [0.15, 0.2) is 29.6 Å². The Morgan fingerprint density at radius 2 is 2.17 bits per heavy atom. The fraction of sp³-hybridized carbons (Fsp3) is 0.231. The zero-order valence-electron chi connectivity index (χ0n) is 10.4. The Morgan fingerprint density at radius 3 is 2.83 bits per heavy atom. The summed E-state index contributed by atoms with van der Waals surface area (Å²) in [4.78, 5) is 16.3. The van der Waals surface area contributed by atoms with Gasteiger partial charge in [-0.3, -0.25) is 4.79 Å². The van der Waals surface area contributed by atoms with Gasteiger partial charge in [0.15, 0.2) is 0 Å². The highest BCUT2D eigenvalue weighted by Crippen LogP contribution is 2.14. The molecule has 0 unspecified atom stereocenters. The second-order valence-electron chi connectivity index (χ2n) is 3.86. The third-order valence-corrected chi connectivity index (χ3v) is 3.47. The van der Waals surface area contributed by atoms with Crippen molar-refractivity contribution in [3.05, 3.63) is 45.9 Å². The number of rotatable bonds is 4. The second-order valence-corrected chi connectivity index (χ2v) is 4.80. The number of carbonyl (C=O) groups is 1. The van der Waals surface area contributed by atoms with E-state index in [0.717, 1.165) is 16.4 Å². The maximum Gasteiger partial charge on any atom is 0.253 e. The molecule has 2 N–H and O–H groups in total. The summed E-state index contributed by atoms with van der Waals surface area (Å²) >= 11 is 1.56. The molecule has 0 aliphatic rings. The van der Waals surface area contributed by atoms with E-state index in [1.165, 1.54) is 0 Å². The van der Waals surface area contributed by atoms with Crippen LogP contribution in [0, 0.1) is 6.92 Å². The first kappa shape index (κ1) is 12.6. The lowest BCUT2D eigenvalue weighted by Crippen LogP contribution is -2.23. The number of nitrogens with zero attached hydrogens (tertiary/aromatic N) is 1. The minimum Gasteiger partial charge on any atom is -0.387 e. The van der Waals surface area contributed by atoms with Crippen molar-refractivity contribution in [3.8, 4) is 0 Å². The molecule has 1 aromatic heterocycles. The van der Waals surface area contributed by atoms with Crippen LogP contribution in [0.2, 0.25) is 0 Å². The Bertz CT molecular complexity index is 551. The molecular weight excluding hydrogens is 246 g/mol.